The number of rotatable bonds is 4. The average Bonchev–Trinajstić information content (AvgIpc) is 2.99. The monoisotopic (exact) mass is 393 g/mol. The number of halogens is 1. The van der Waals surface area contributed by atoms with Crippen LogP contribution in [0.2, 0.25) is 5.02 Å². The van der Waals surface area contributed by atoms with Crippen molar-refractivity contribution in [3.05, 3.63) is 70.9 Å². The van der Waals surface area contributed by atoms with E-state index in [1.807, 2.05) is 28.8 Å². The van der Waals surface area contributed by atoms with E-state index in [1.54, 1.807) is 12.1 Å². The molecule has 0 bridgehead atoms. The fraction of sp³-hybridized carbons (Fsp3) is 0.136. The number of benzene rings is 2. The fourth-order valence-corrected chi connectivity index (χ4v) is 3.51. The van der Waals surface area contributed by atoms with Gasteiger partial charge in [0.2, 0.25) is 0 Å². The molecule has 2 aromatic carbocycles. The third kappa shape index (κ3) is 3.37. The van der Waals surface area contributed by atoms with E-state index >= 15 is 0 Å². The molecule has 4 rings (SSSR count). The summed E-state index contributed by atoms with van der Waals surface area (Å²) in [5, 5.41) is 14.0. The van der Waals surface area contributed by atoms with E-state index in [2.05, 4.69) is 37.4 Å². The zero-order chi connectivity index (χ0) is 19.8. The van der Waals surface area contributed by atoms with Gasteiger partial charge in [-0.2, -0.15) is 0 Å². The van der Waals surface area contributed by atoms with Gasteiger partial charge in [0.1, 0.15) is 17.2 Å². The third-order valence-corrected chi connectivity index (χ3v) is 4.74. The molecule has 2 heterocycles. The predicted molar refractivity (Wildman–Crippen MR) is 113 cm³/mol. The van der Waals surface area contributed by atoms with Crippen LogP contribution in [0, 0.1) is 13.8 Å². The molecule has 142 valence electrons. The number of phenolic OH excluding ortho intramolecular Hbond substituents is 1. The maximum absolute atomic E-state index is 9.94. The summed E-state index contributed by atoms with van der Waals surface area (Å²) in [4.78, 5) is 4.77. The van der Waals surface area contributed by atoms with E-state index in [1.165, 1.54) is 18.2 Å². The Labute approximate surface area is 168 Å². The summed E-state index contributed by atoms with van der Waals surface area (Å²) in [7, 11) is 1.52. The van der Waals surface area contributed by atoms with Gasteiger partial charge in [-0.15, -0.1) is 0 Å². The lowest BCUT2D eigenvalue weighted by molar-refractivity contribution is 0.373. The first-order chi connectivity index (χ1) is 13.4. The van der Waals surface area contributed by atoms with Crippen molar-refractivity contribution in [1.82, 2.24) is 9.38 Å². The highest BCUT2D eigenvalue weighted by Gasteiger charge is 2.17. The molecule has 0 radical (unpaired) electrons. The fourth-order valence-electron chi connectivity index (χ4n) is 3.35. The Morgan fingerprint density at radius 3 is 2.50 bits per heavy atom. The quantitative estimate of drug-likeness (QED) is 0.465. The van der Waals surface area contributed by atoms with Gasteiger partial charge in [0.15, 0.2) is 11.5 Å². The van der Waals surface area contributed by atoms with Gasteiger partial charge in [-0.1, -0.05) is 17.7 Å². The number of aryl methyl sites for hydroxylation is 2. The van der Waals surface area contributed by atoms with Gasteiger partial charge in [-0.25, -0.2) is 4.98 Å². The van der Waals surface area contributed by atoms with E-state index < -0.39 is 0 Å². The number of aromatic nitrogens is 2. The Bertz CT molecular complexity index is 1160. The summed E-state index contributed by atoms with van der Waals surface area (Å²) < 4.78 is 7.19. The molecule has 0 fully saturated rings. The number of anilines is 2. The lowest BCUT2D eigenvalue weighted by Gasteiger charge is -2.12. The van der Waals surface area contributed by atoms with E-state index in [0.29, 0.717) is 10.8 Å². The van der Waals surface area contributed by atoms with Crippen LogP contribution in [-0.2, 0) is 0 Å². The van der Waals surface area contributed by atoms with Crippen molar-refractivity contribution in [2.75, 3.05) is 12.4 Å². The second-order valence-electron chi connectivity index (χ2n) is 6.77. The van der Waals surface area contributed by atoms with Gasteiger partial charge < -0.3 is 15.2 Å². The van der Waals surface area contributed by atoms with Crippen LogP contribution < -0.4 is 10.1 Å². The van der Waals surface area contributed by atoms with Crippen LogP contribution in [0.4, 0.5) is 11.5 Å². The van der Waals surface area contributed by atoms with Crippen molar-refractivity contribution in [2.45, 2.75) is 13.8 Å². The zero-order valence-electron chi connectivity index (χ0n) is 15.8. The smallest absolute Gasteiger partial charge is 0.161 e. The summed E-state index contributed by atoms with van der Waals surface area (Å²) in [5.74, 6) is 1.27. The van der Waals surface area contributed by atoms with Crippen molar-refractivity contribution in [3.8, 4) is 22.8 Å². The summed E-state index contributed by atoms with van der Waals surface area (Å²) in [6, 6.07) is 15.2. The molecule has 0 aliphatic heterocycles. The molecular formula is C22H20ClN3O2. The number of pyridine rings is 1. The highest BCUT2D eigenvalue weighted by Crippen LogP contribution is 2.36. The molecular weight excluding hydrogens is 374 g/mol. The minimum Gasteiger partial charge on any atom is -0.504 e. The average molecular weight is 394 g/mol. The zero-order valence-corrected chi connectivity index (χ0v) is 16.6. The number of phenols is 1. The largest absolute Gasteiger partial charge is 0.504 e. The lowest BCUT2D eigenvalue weighted by atomic mass is 10.1. The molecule has 0 aliphatic carbocycles. The Kier molecular flexibility index (Phi) is 4.61. The molecule has 0 aliphatic rings. The molecule has 5 nitrogen and oxygen atoms in total. The van der Waals surface area contributed by atoms with Crippen molar-refractivity contribution in [1.29, 1.82) is 0 Å². The summed E-state index contributed by atoms with van der Waals surface area (Å²) in [6.07, 6.45) is 1.83. The molecule has 6 heteroatoms. The van der Waals surface area contributed by atoms with Gasteiger partial charge in [0.05, 0.1) is 12.1 Å². The number of methoxy groups -OCH3 is 1. The van der Waals surface area contributed by atoms with Crippen molar-refractivity contribution in [2.24, 2.45) is 0 Å². The number of nitrogens with zero attached hydrogens (tertiary/aromatic N) is 2. The number of aromatic hydroxyl groups is 1. The minimum absolute atomic E-state index is 0.0851. The van der Waals surface area contributed by atoms with Gasteiger partial charge in [0, 0.05) is 17.4 Å². The van der Waals surface area contributed by atoms with Crippen molar-refractivity contribution < 1.29 is 9.84 Å². The molecule has 0 amide bonds. The molecule has 4 aromatic rings. The Balaban J connectivity index is 1.92. The van der Waals surface area contributed by atoms with E-state index in [4.69, 9.17) is 21.3 Å². The van der Waals surface area contributed by atoms with Gasteiger partial charge >= 0.3 is 0 Å². The number of nitrogens with one attached hydrogen (secondary N) is 1. The Hall–Kier alpha value is -3.18. The third-order valence-electron chi connectivity index (χ3n) is 4.52. The Morgan fingerprint density at radius 2 is 1.79 bits per heavy atom. The van der Waals surface area contributed by atoms with Crippen LogP contribution in [0.5, 0.6) is 11.5 Å². The van der Waals surface area contributed by atoms with Crippen molar-refractivity contribution in [3.63, 3.8) is 0 Å². The molecule has 28 heavy (non-hydrogen) atoms. The molecule has 0 saturated carbocycles. The molecule has 2 aromatic heterocycles. The SMILES string of the molecule is COc1cc(-c2nc3ccc(Cl)cn3c2Nc2cc(C)cc(C)c2)ccc1O. The van der Waals surface area contributed by atoms with E-state index in [-0.39, 0.29) is 5.75 Å². The maximum Gasteiger partial charge on any atom is 0.161 e. The topological polar surface area (TPSA) is 58.8 Å². The van der Waals surface area contributed by atoms with Crippen LogP contribution in [0.15, 0.2) is 54.7 Å². The van der Waals surface area contributed by atoms with Crippen LogP contribution in [0.25, 0.3) is 16.9 Å². The molecule has 0 unspecified atom stereocenters. The summed E-state index contributed by atoms with van der Waals surface area (Å²) in [5.41, 5.74) is 5.62. The number of hydrogen-bond acceptors (Lipinski definition) is 4. The maximum atomic E-state index is 9.94. The second-order valence-corrected chi connectivity index (χ2v) is 7.21. The van der Waals surface area contributed by atoms with Crippen LogP contribution in [-0.4, -0.2) is 21.6 Å². The normalized spacial score (nSPS) is 11.0. The number of hydrogen-bond donors (Lipinski definition) is 2. The van der Waals surface area contributed by atoms with Gasteiger partial charge in [0.25, 0.3) is 0 Å². The van der Waals surface area contributed by atoms with Crippen LogP contribution in [0.1, 0.15) is 11.1 Å². The summed E-state index contributed by atoms with van der Waals surface area (Å²) >= 11 is 6.24. The predicted octanol–water partition coefficient (Wildman–Crippen LogP) is 5.73. The van der Waals surface area contributed by atoms with Crippen molar-refractivity contribution >= 4 is 28.8 Å². The van der Waals surface area contributed by atoms with E-state index in [9.17, 15) is 5.11 Å². The molecule has 0 saturated heterocycles. The molecule has 2 N–H and O–H groups in total. The highest BCUT2D eigenvalue weighted by molar-refractivity contribution is 6.30. The Morgan fingerprint density at radius 1 is 1.04 bits per heavy atom. The van der Waals surface area contributed by atoms with E-state index in [0.717, 1.165) is 28.4 Å². The highest BCUT2D eigenvalue weighted by atomic mass is 35.5. The first-order valence-electron chi connectivity index (χ1n) is 8.85. The first kappa shape index (κ1) is 18.2. The van der Waals surface area contributed by atoms with Crippen LogP contribution >= 0.6 is 11.6 Å². The van der Waals surface area contributed by atoms with Gasteiger partial charge in [-0.05, 0) is 67.4 Å². The summed E-state index contributed by atoms with van der Waals surface area (Å²) in [6.45, 7) is 4.13. The molecule has 0 atom stereocenters. The standard InChI is InChI=1S/C22H20ClN3O2/c1-13-8-14(2)10-17(9-13)24-22-21(15-4-6-18(27)19(11-15)28-3)25-20-7-5-16(23)12-26(20)22/h4-12,24,27H,1-3H3. The number of fused-ring (bicyclic) bond motifs is 1. The number of imidazole rings is 1. The van der Waals surface area contributed by atoms with Gasteiger partial charge in [-0.3, -0.25) is 4.40 Å². The minimum atomic E-state index is 0.0851. The number of ether oxygens (including phenoxy) is 1. The molecule has 0 spiro atoms. The first-order valence-corrected chi connectivity index (χ1v) is 9.22. The lowest BCUT2D eigenvalue weighted by Crippen LogP contribution is -1.98. The second kappa shape index (κ2) is 7.09. The van der Waals surface area contributed by atoms with Crippen LogP contribution in [0.3, 0.4) is 0 Å².